The van der Waals surface area contributed by atoms with Gasteiger partial charge in [0, 0.05) is 29.6 Å². The number of hydrogen-bond acceptors (Lipinski definition) is 3. The summed E-state index contributed by atoms with van der Waals surface area (Å²) in [7, 11) is 1.55. The molecule has 7 heteroatoms. The first-order valence-electron chi connectivity index (χ1n) is 6.42. The number of aromatic amines is 1. The molecule has 112 valence electrons. The number of ether oxygens (including phenoxy) is 1. The summed E-state index contributed by atoms with van der Waals surface area (Å²) in [4.78, 5) is 26.4. The molecule has 3 N–H and O–H groups in total. The van der Waals surface area contributed by atoms with Gasteiger partial charge in [-0.3, -0.25) is 9.59 Å². The Labute approximate surface area is 126 Å². The molecule has 0 fully saturated rings. The molecular formula is C14H16ClN3O3. The van der Waals surface area contributed by atoms with E-state index in [0.717, 1.165) is 10.9 Å². The number of H-pyrrole nitrogens is 1. The van der Waals surface area contributed by atoms with Gasteiger partial charge in [-0.15, -0.1) is 0 Å². The summed E-state index contributed by atoms with van der Waals surface area (Å²) in [5.74, 6) is -0.608. The van der Waals surface area contributed by atoms with Crippen LogP contribution in [0.25, 0.3) is 10.9 Å². The maximum atomic E-state index is 12.0. The highest BCUT2D eigenvalue weighted by atomic mass is 35.5. The first-order valence-corrected chi connectivity index (χ1v) is 6.80. The van der Waals surface area contributed by atoms with E-state index in [1.165, 1.54) is 0 Å². The van der Waals surface area contributed by atoms with E-state index in [1.807, 2.05) is 0 Å². The number of rotatable bonds is 6. The van der Waals surface area contributed by atoms with E-state index in [4.69, 9.17) is 16.3 Å². The highest BCUT2D eigenvalue weighted by Crippen LogP contribution is 2.19. The molecule has 0 saturated heterocycles. The van der Waals surface area contributed by atoms with Gasteiger partial charge >= 0.3 is 0 Å². The van der Waals surface area contributed by atoms with Gasteiger partial charge in [-0.1, -0.05) is 11.6 Å². The number of methoxy groups -OCH3 is 1. The summed E-state index contributed by atoms with van der Waals surface area (Å²) < 4.78 is 4.81. The monoisotopic (exact) mass is 309 g/mol. The van der Waals surface area contributed by atoms with Crippen molar-refractivity contribution in [1.29, 1.82) is 0 Å². The summed E-state index contributed by atoms with van der Waals surface area (Å²) in [5, 5.41) is 6.61. The molecule has 0 bridgehead atoms. The van der Waals surface area contributed by atoms with Crippen molar-refractivity contribution in [1.82, 2.24) is 15.6 Å². The van der Waals surface area contributed by atoms with Gasteiger partial charge in [0.15, 0.2) is 0 Å². The Morgan fingerprint density at radius 1 is 1.29 bits per heavy atom. The van der Waals surface area contributed by atoms with Gasteiger partial charge in [0.1, 0.15) is 5.69 Å². The van der Waals surface area contributed by atoms with Crippen molar-refractivity contribution in [2.24, 2.45) is 0 Å². The van der Waals surface area contributed by atoms with E-state index in [9.17, 15) is 9.59 Å². The van der Waals surface area contributed by atoms with Gasteiger partial charge < -0.3 is 20.4 Å². The van der Waals surface area contributed by atoms with Gasteiger partial charge in [0.25, 0.3) is 5.91 Å². The number of nitrogens with one attached hydrogen (secondary N) is 3. The minimum Gasteiger partial charge on any atom is -0.383 e. The Morgan fingerprint density at radius 3 is 2.86 bits per heavy atom. The van der Waals surface area contributed by atoms with Crippen molar-refractivity contribution in [3.63, 3.8) is 0 Å². The van der Waals surface area contributed by atoms with Crippen LogP contribution in [-0.4, -0.2) is 43.6 Å². The Morgan fingerprint density at radius 2 is 2.10 bits per heavy atom. The topological polar surface area (TPSA) is 83.2 Å². The average molecular weight is 310 g/mol. The normalized spacial score (nSPS) is 10.6. The minimum atomic E-state index is -0.343. The molecule has 0 unspecified atom stereocenters. The summed E-state index contributed by atoms with van der Waals surface area (Å²) in [6.45, 7) is 0.761. The van der Waals surface area contributed by atoms with Crippen LogP contribution in [0.1, 0.15) is 10.5 Å². The molecule has 2 aromatic rings. The smallest absolute Gasteiger partial charge is 0.268 e. The third kappa shape index (κ3) is 4.21. The predicted octanol–water partition coefficient (Wildman–Crippen LogP) is 1.31. The summed E-state index contributed by atoms with van der Waals surface area (Å²) in [6, 6.07) is 7.00. The van der Waals surface area contributed by atoms with Crippen molar-refractivity contribution in [3.8, 4) is 0 Å². The lowest BCUT2D eigenvalue weighted by atomic mass is 10.2. The van der Waals surface area contributed by atoms with E-state index in [1.54, 1.807) is 31.4 Å². The molecule has 1 aromatic heterocycles. The Hall–Kier alpha value is -2.05. The first-order chi connectivity index (χ1) is 10.1. The fraction of sp³-hybridized carbons (Fsp3) is 0.286. The Bertz CT molecular complexity index is 654. The molecule has 1 heterocycles. The molecule has 21 heavy (non-hydrogen) atoms. The Balaban J connectivity index is 1.91. The number of carbonyl (C=O) groups is 2. The van der Waals surface area contributed by atoms with Crippen LogP contribution in [-0.2, 0) is 9.53 Å². The van der Waals surface area contributed by atoms with Crippen molar-refractivity contribution >= 4 is 34.3 Å². The molecule has 0 saturated carbocycles. The number of benzene rings is 1. The first kappa shape index (κ1) is 15.3. The third-order valence-electron chi connectivity index (χ3n) is 2.87. The standard InChI is InChI=1S/C14H16ClN3O3/c1-21-5-4-16-13(19)8-17-14(20)12-7-9-6-10(15)2-3-11(9)18-12/h2-3,6-7,18H,4-5,8H2,1H3,(H,16,19)(H,17,20). The molecule has 1 aromatic carbocycles. The summed E-state index contributed by atoms with van der Waals surface area (Å²) >= 11 is 5.89. The second-order valence-corrected chi connectivity index (χ2v) is 4.88. The van der Waals surface area contributed by atoms with E-state index < -0.39 is 0 Å². The second kappa shape index (κ2) is 7.10. The quantitative estimate of drug-likeness (QED) is 0.704. The van der Waals surface area contributed by atoms with Crippen LogP contribution in [0.15, 0.2) is 24.3 Å². The molecule has 0 aliphatic rings. The number of amides is 2. The van der Waals surface area contributed by atoms with E-state index >= 15 is 0 Å². The molecule has 0 atom stereocenters. The number of aromatic nitrogens is 1. The van der Waals surface area contributed by atoms with Crippen LogP contribution < -0.4 is 10.6 Å². The molecule has 0 aliphatic heterocycles. The lowest BCUT2D eigenvalue weighted by molar-refractivity contribution is -0.120. The highest BCUT2D eigenvalue weighted by molar-refractivity contribution is 6.31. The fourth-order valence-electron chi connectivity index (χ4n) is 1.84. The van der Waals surface area contributed by atoms with Crippen LogP contribution in [0.2, 0.25) is 5.02 Å². The van der Waals surface area contributed by atoms with Crippen LogP contribution in [0.4, 0.5) is 0 Å². The van der Waals surface area contributed by atoms with Gasteiger partial charge in [0.2, 0.25) is 5.91 Å². The number of carbonyl (C=O) groups excluding carboxylic acids is 2. The third-order valence-corrected chi connectivity index (χ3v) is 3.10. The van der Waals surface area contributed by atoms with E-state index in [-0.39, 0.29) is 18.4 Å². The molecule has 6 nitrogen and oxygen atoms in total. The van der Waals surface area contributed by atoms with Gasteiger partial charge in [-0.25, -0.2) is 0 Å². The lowest BCUT2D eigenvalue weighted by Crippen LogP contribution is -2.38. The zero-order valence-corrected chi connectivity index (χ0v) is 12.3. The zero-order valence-electron chi connectivity index (χ0n) is 11.5. The summed E-state index contributed by atoms with van der Waals surface area (Å²) in [6.07, 6.45) is 0. The van der Waals surface area contributed by atoms with Crippen LogP contribution >= 0.6 is 11.6 Å². The van der Waals surface area contributed by atoms with Crippen molar-refractivity contribution in [2.45, 2.75) is 0 Å². The minimum absolute atomic E-state index is 0.0847. The molecule has 2 amide bonds. The SMILES string of the molecule is COCCNC(=O)CNC(=O)c1cc2cc(Cl)ccc2[nH]1. The molecule has 0 aliphatic carbocycles. The van der Waals surface area contributed by atoms with Gasteiger partial charge in [-0.2, -0.15) is 0 Å². The van der Waals surface area contributed by atoms with E-state index in [2.05, 4.69) is 15.6 Å². The zero-order chi connectivity index (χ0) is 15.2. The highest BCUT2D eigenvalue weighted by Gasteiger charge is 2.11. The van der Waals surface area contributed by atoms with Crippen molar-refractivity contribution in [3.05, 3.63) is 35.0 Å². The second-order valence-electron chi connectivity index (χ2n) is 4.44. The molecule has 0 radical (unpaired) electrons. The average Bonchev–Trinajstić information content (AvgIpc) is 2.88. The molecular weight excluding hydrogens is 294 g/mol. The van der Waals surface area contributed by atoms with Crippen molar-refractivity contribution < 1.29 is 14.3 Å². The number of halogens is 1. The van der Waals surface area contributed by atoms with Crippen molar-refractivity contribution in [2.75, 3.05) is 26.8 Å². The summed E-state index contributed by atoms with van der Waals surface area (Å²) in [5.41, 5.74) is 1.20. The largest absolute Gasteiger partial charge is 0.383 e. The Kier molecular flexibility index (Phi) is 5.19. The predicted molar refractivity (Wildman–Crippen MR) is 80.5 cm³/mol. The van der Waals surface area contributed by atoms with Crippen LogP contribution in [0.3, 0.4) is 0 Å². The van der Waals surface area contributed by atoms with Crippen LogP contribution in [0, 0.1) is 0 Å². The van der Waals surface area contributed by atoms with Gasteiger partial charge in [-0.05, 0) is 24.3 Å². The van der Waals surface area contributed by atoms with E-state index in [0.29, 0.717) is 23.9 Å². The maximum absolute atomic E-state index is 12.0. The molecule has 2 rings (SSSR count). The number of fused-ring (bicyclic) bond motifs is 1. The van der Waals surface area contributed by atoms with Gasteiger partial charge in [0.05, 0.1) is 13.2 Å². The number of hydrogen-bond donors (Lipinski definition) is 3. The molecule has 0 spiro atoms. The fourth-order valence-corrected chi connectivity index (χ4v) is 2.02. The van der Waals surface area contributed by atoms with Crippen LogP contribution in [0.5, 0.6) is 0 Å². The maximum Gasteiger partial charge on any atom is 0.268 e. The lowest BCUT2D eigenvalue weighted by Gasteiger charge is -2.05.